The molecule has 1 fully saturated rings. The lowest BCUT2D eigenvalue weighted by atomic mass is 10.3. The van der Waals surface area contributed by atoms with Gasteiger partial charge >= 0.3 is 0 Å². The van der Waals surface area contributed by atoms with Crippen LogP contribution in [0.3, 0.4) is 0 Å². The highest BCUT2D eigenvalue weighted by molar-refractivity contribution is 7.87. The molecule has 1 rings (SSSR count). The van der Waals surface area contributed by atoms with Gasteiger partial charge in [-0.1, -0.05) is 12.2 Å². The van der Waals surface area contributed by atoms with Crippen LogP contribution in [-0.2, 0) is 10.2 Å². The largest absolute Gasteiger partial charge is 0.392 e. The summed E-state index contributed by atoms with van der Waals surface area (Å²) in [6, 6.07) is -0.0883. The summed E-state index contributed by atoms with van der Waals surface area (Å²) >= 11 is 4.83. The summed E-state index contributed by atoms with van der Waals surface area (Å²) in [6.07, 6.45) is 0. The third-order valence-electron chi connectivity index (χ3n) is 2.44. The summed E-state index contributed by atoms with van der Waals surface area (Å²) in [5, 5.41) is 0. The number of nitrogens with one attached hydrogen (secondary N) is 1. The highest BCUT2D eigenvalue weighted by Crippen LogP contribution is 2.06. The van der Waals surface area contributed by atoms with Crippen molar-refractivity contribution in [3.8, 4) is 0 Å². The van der Waals surface area contributed by atoms with Gasteiger partial charge in [-0.3, -0.25) is 4.90 Å². The smallest absolute Gasteiger partial charge is 0.279 e. The molecule has 1 saturated heterocycles. The van der Waals surface area contributed by atoms with E-state index in [1.54, 1.807) is 13.8 Å². The number of nitrogens with zero attached hydrogens (tertiary/aromatic N) is 2. The Morgan fingerprint density at radius 3 is 2.29 bits per heavy atom. The first kappa shape index (κ1) is 14.8. The van der Waals surface area contributed by atoms with Gasteiger partial charge in [0.05, 0.1) is 4.99 Å². The molecule has 0 aromatic carbocycles. The van der Waals surface area contributed by atoms with Crippen LogP contribution in [0.2, 0.25) is 0 Å². The summed E-state index contributed by atoms with van der Waals surface area (Å²) in [6.45, 7) is 6.45. The number of rotatable bonds is 5. The molecule has 1 heterocycles. The average Bonchev–Trinajstić information content (AvgIpc) is 2.15. The molecule has 0 atom stereocenters. The van der Waals surface area contributed by atoms with Gasteiger partial charge in [-0.15, -0.1) is 0 Å². The fourth-order valence-electron chi connectivity index (χ4n) is 1.72. The van der Waals surface area contributed by atoms with Crippen LogP contribution in [0.4, 0.5) is 0 Å². The number of hydrogen-bond donors (Lipinski definition) is 2. The second-order valence-electron chi connectivity index (χ2n) is 4.42. The molecule has 0 aliphatic carbocycles. The zero-order valence-electron chi connectivity index (χ0n) is 10.2. The van der Waals surface area contributed by atoms with Crippen molar-refractivity contribution >= 4 is 27.4 Å². The lowest BCUT2D eigenvalue weighted by Gasteiger charge is -2.33. The lowest BCUT2D eigenvalue weighted by Crippen LogP contribution is -2.53. The molecule has 0 aromatic heterocycles. The normalized spacial score (nSPS) is 19.7. The Balaban J connectivity index is 2.49. The van der Waals surface area contributed by atoms with E-state index in [0.29, 0.717) is 37.7 Å². The molecule has 0 bridgehead atoms. The monoisotopic (exact) mass is 280 g/mol. The lowest BCUT2D eigenvalue weighted by molar-refractivity contribution is 0.208. The van der Waals surface area contributed by atoms with Crippen molar-refractivity contribution in [1.82, 2.24) is 13.9 Å². The maximum absolute atomic E-state index is 11.9. The zero-order valence-corrected chi connectivity index (χ0v) is 11.9. The Morgan fingerprint density at radius 1 is 1.35 bits per heavy atom. The molecule has 8 heteroatoms. The van der Waals surface area contributed by atoms with Gasteiger partial charge in [0, 0.05) is 38.8 Å². The molecular weight excluding hydrogens is 260 g/mol. The fraction of sp³-hybridized carbons (Fsp3) is 0.889. The maximum atomic E-state index is 11.9. The molecule has 3 N–H and O–H groups in total. The van der Waals surface area contributed by atoms with Crippen molar-refractivity contribution in [3.05, 3.63) is 0 Å². The Kier molecular flexibility index (Phi) is 5.26. The van der Waals surface area contributed by atoms with Crippen LogP contribution >= 0.6 is 12.2 Å². The Labute approximate surface area is 108 Å². The van der Waals surface area contributed by atoms with E-state index in [0.717, 1.165) is 0 Å². The van der Waals surface area contributed by atoms with Crippen LogP contribution in [0.5, 0.6) is 0 Å². The SMILES string of the molecule is CC(C)NS(=O)(=O)N1CCN(CC(N)=S)CC1. The van der Waals surface area contributed by atoms with Gasteiger partial charge in [0.1, 0.15) is 0 Å². The highest BCUT2D eigenvalue weighted by Gasteiger charge is 2.27. The molecule has 0 aromatic rings. The second-order valence-corrected chi connectivity index (χ2v) is 6.65. The quantitative estimate of drug-likeness (QED) is 0.640. The minimum Gasteiger partial charge on any atom is -0.392 e. The van der Waals surface area contributed by atoms with Crippen molar-refractivity contribution in [2.75, 3.05) is 32.7 Å². The molecule has 6 nitrogen and oxygen atoms in total. The molecule has 0 radical (unpaired) electrons. The first-order valence-electron chi connectivity index (χ1n) is 5.59. The van der Waals surface area contributed by atoms with E-state index in [-0.39, 0.29) is 6.04 Å². The summed E-state index contributed by atoms with van der Waals surface area (Å²) in [5.41, 5.74) is 5.46. The minimum absolute atomic E-state index is 0.0883. The Morgan fingerprint density at radius 2 is 1.88 bits per heavy atom. The van der Waals surface area contributed by atoms with Crippen molar-refractivity contribution in [2.45, 2.75) is 19.9 Å². The van der Waals surface area contributed by atoms with Crippen molar-refractivity contribution < 1.29 is 8.42 Å². The van der Waals surface area contributed by atoms with Gasteiger partial charge < -0.3 is 5.73 Å². The fourth-order valence-corrected chi connectivity index (χ4v) is 3.29. The predicted molar refractivity (Wildman–Crippen MR) is 72.0 cm³/mol. The Bertz CT molecular complexity index is 361. The van der Waals surface area contributed by atoms with Crippen LogP contribution < -0.4 is 10.5 Å². The van der Waals surface area contributed by atoms with E-state index in [2.05, 4.69) is 9.62 Å². The molecule has 0 saturated carbocycles. The first-order chi connectivity index (χ1) is 7.81. The van der Waals surface area contributed by atoms with Crippen LogP contribution in [0.1, 0.15) is 13.8 Å². The summed E-state index contributed by atoms with van der Waals surface area (Å²) in [5.74, 6) is 0. The van der Waals surface area contributed by atoms with Gasteiger partial charge in [-0.25, -0.2) is 0 Å². The van der Waals surface area contributed by atoms with Crippen LogP contribution in [0.25, 0.3) is 0 Å². The van der Waals surface area contributed by atoms with E-state index < -0.39 is 10.2 Å². The average molecular weight is 280 g/mol. The number of nitrogens with two attached hydrogens (primary N) is 1. The topological polar surface area (TPSA) is 78.7 Å². The summed E-state index contributed by atoms with van der Waals surface area (Å²) in [7, 11) is -3.34. The number of hydrogen-bond acceptors (Lipinski definition) is 4. The molecule has 17 heavy (non-hydrogen) atoms. The number of piperazine rings is 1. The molecule has 0 amide bonds. The van der Waals surface area contributed by atoms with E-state index >= 15 is 0 Å². The van der Waals surface area contributed by atoms with Gasteiger partial charge in [-0.2, -0.15) is 17.4 Å². The van der Waals surface area contributed by atoms with Crippen molar-refractivity contribution in [1.29, 1.82) is 0 Å². The molecule has 0 spiro atoms. The summed E-state index contributed by atoms with van der Waals surface area (Å²) in [4.78, 5) is 2.51. The second kappa shape index (κ2) is 6.05. The van der Waals surface area contributed by atoms with Gasteiger partial charge in [0.15, 0.2) is 0 Å². The molecule has 1 aliphatic rings. The predicted octanol–water partition coefficient (Wildman–Crippen LogP) is -0.867. The van der Waals surface area contributed by atoms with E-state index in [1.807, 2.05) is 0 Å². The third kappa shape index (κ3) is 4.84. The molecule has 0 unspecified atom stereocenters. The maximum Gasteiger partial charge on any atom is 0.279 e. The molecular formula is C9H20N4O2S2. The van der Waals surface area contributed by atoms with Crippen LogP contribution in [0, 0.1) is 0 Å². The van der Waals surface area contributed by atoms with Crippen LogP contribution in [-0.4, -0.2) is 61.4 Å². The third-order valence-corrected chi connectivity index (χ3v) is 4.38. The molecule has 1 aliphatic heterocycles. The minimum atomic E-state index is -3.34. The standard InChI is InChI=1S/C9H20N4O2S2/c1-8(2)11-17(14,15)13-5-3-12(4-6-13)7-9(10)16/h8,11H,3-7H2,1-2H3,(H2,10,16). The first-order valence-corrected chi connectivity index (χ1v) is 7.44. The summed E-state index contributed by atoms with van der Waals surface area (Å²) < 4.78 is 27.8. The Hall–Kier alpha value is -0.280. The van der Waals surface area contributed by atoms with E-state index in [1.165, 1.54) is 4.31 Å². The van der Waals surface area contributed by atoms with E-state index in [4.69, 9.17) is 18.0 Å². The number of thiocarbonyl (C=S) groups is 1. The van der Waals surface area contributed by atoms with Crippen molar-refractivity contribution in [2.24, 2.45) is 5.73 Å². The highest BCUT2D eigenvalue weighted by atomic mass is 32.2. The zero-order chi connectivity index (χ0) is 13.1. The van der Waals surface area contributed by atoms with Gasteiger partial charge in [0.2, 0.25) is 0 Å². The van der Waals surface area contributed by atoms with E-state index in [9.17, 15) is 8.42 Å². The van der Waals surface area contributed by atoms with Crippen molar-refractivity contribution in [3.63, 3.8) is 0 Å². The molecule has 100 valence electrons. The van der Waals surface area contributed by atoms with Crippen LogP contribution in [0.15, 0.2) is 0 Å². The van der Waals surface area contributed by atoms with Gasteiger partial charge in [-0.05, 0) is 13.8 Å². The van der Waals surface area contributed by atoms with Gasteiger partial charge in [0.25, 0.3) is 10.2 Å².